The van der Waals surface area contributed by atoms with Crippen LogP contribution in [0.5, 0.6) is 11.5 Å². The van der Waals surface area contributed by atoms with Crippen LogP contribution in [0.2, 0.25) is 0 Å². The number of benzene rings is 2. The number of methoxy groups -OCH3 is 2. The van der Waals surface area contributed by atoms with Gasteiger partial charge in [-0.05, 0) is 30.3 Å². The summed E-state index contributed by atoms with van der Waals surface area (Å²) in [6, 6.07) is 15.2. The summed E-state index contributed by atoms with van der Waals surface area (Å²) < 4.78 is 18.6. The number of hydrogen-bond donors (Lipinski definition) is 0. The number of ether oxygens (including phenoxy) is 3. The van der Waals surface area contributed by atoms with Crippen LogP contribution < -0.4 is 9.47 Å². The SMILES string of the molecule is COc1ccc(OC)c(-c2cn3c(CCN(CCN4CCOCC4)C(=O)c4ccccc4)csc3n2)c1. The third kappa shape index (κ3) is 5.79. The van der Waals surface area contributed by atoms with Crippen LogP contribution in [0, 0.1) is 0 Å². The van der Waals surface area contributed by atoms with Gasteiger partial charge in [-0.3, -0.25) is 14.1 Å². The van der Waals surface area contributed by atoms with Crippen molar-refractivity contribution in [2.75, 3.05) is 60.2 Å². The fourth-order valence-electron chi connectivity index (χ4n) is 4.57. The van der Waals surface area contributed by atoms with Crippen molar-refractivity contribution in [1.82, 2.24) is 19.2 Å². The molecule has 0 atom stereocenters. The predicted molar refractivity (Wildman–Crippen MR) is 145 cm³/mol. The van der Waals surface area contributed by atoms with E-state index in [0.29, 0.717) is 13.1 Å². The molecular weight excluding hydrogens is 488 g/mol. The Morgan fingerprint density at radius 3 is 2.65 bits per heavy atom. The minimum absolute atomic E-state index is 0.0628. The number of fused-ring (bicyclic) bond motifs is 1. The summed E-state index contributed by atoms with van der Waals surface area (Å²) in [7, 11) is 3.31. The van der Waals surface area contributed by atoms with Crippen LogP contribution in [0.3, 0.4) is 0 Å². The molecule has 9 heteroatoms. The van der Waals surface area contributed by atoms with Crippen molar-refractivity contribution in [3.05, 3.63) is 71.4 Å². The van der Waals surface area contributed by atoms with Crippen molar-refractivity contribution in [2.45, 2.75) is 6.42 Å². The molecule has 37 heavy (non-hydrogen) atoms. The fraction of sp³-hybridized carbons (Fsp3) is 0.357. The Morgan fingerprint density at radius 2 is 1.89 bits per heavy atom. The average molecular weight is 521 g/mol. The van der Waals surface area contributed by atoms with E-state index < -0.39 is 0 Å². The Morgan fingerprint density at radius 1 is 1.08 bits per heavy atom. The van der Waals surface area contributed by atoms with E-state index >= 15 is 0 Å². The normalized spacial score (nSPS) is 14.1. The molecule has 194 valence electrons. The van der Waals surface area contributed by atoms with Gasteiger partial charge in [0, 0.05) is 67.5 Å². The number of amides is 1. The van der Waals surface area contributed by atoms with Crippen LogP contribution in [0.25, 0.3) is 16.2 Å². The van der Waals surface area contributed by atoms with Crippen molar-refractivity contribution < 1.29 is 19.0 Å². The quantitative estimate of drug-likeness (QED) is 0.314. The Hall–Kier alpha value is -3.40. The van der Waals surface area contributed by atoms with Crippen LogP contribution in [0.4, 0.5) is 0 Å². The highest BCUT2D eigenvalue weighted by atomic mass is 32.1. The van der Waals surface area contributed by atoms with E-state index in [-0.39, 0.29) is 5.91 Å². The van der Waals surface area contributed by atoms with Crippen LogP contribution >= 0.6 is 11.3 Å². The first-order chi connectivity index (χ1) is 18.2. The first-order valence-electron chi connectivity index (χ1n) is 12.5. The van der Waals surface area contributed by atoms with Gasteiger partial charge in [0.15, 0.2) is 4.96 Å². The van der Waals surface area contributed by atoms with Crippen LogP contribution in [-0.2, 0) is 11.2 Å². The number of carbonyl (C=O) groups excluding carboxylic acids is 1. The second-order valence-electron chi connectivity index (χ2n) is 8.93. The number of hydrogen-bond acceptors (Lipinski definition) is 7. The van der Waals surface area contributed by atoms with E-state index in [0.717, 1.165) is 78.2 Å². The molecule has 0 unspecified atom stereocenters. The van der Waals surface area contributed by atoms with Gasteiger partial charge in [0.2, 0.25) is 0 Å². The van der Waals surface area contributed by atoms with Gasteiger partial charge < -0.3 is 19.1 Å². The summed E-state index contributed by atoms with van der Waals surface area (Å²) in [5, 5.41) is 2.13. The summed E-state index contributed by atoms with van der Waals surface area (Å²) in [6.07, 6.45) is 2.77. The summed E-state index contributed by atoms with van der Waals surface area (Å²) >= 11 is 1.60. The Kier molecular flexibility index (Phi) is 8.03. The van der Waals surface area contributed by atoms with Gasteiger partial charge in [-0.2, -0.15) is 0 Å². The molecule has 0 N–H and O–H groups in total. The molecule has 1 aliphatic heterocycles. The standard InChI is InChI=1S/C28H32N4O4S/c1-34-23-8-9-26(35-2)24(18-23)25-19-32-22(20-37-28(32)29-25)10-11-31(13-12-30-14-16-36-17-15-30)27(33)21-6-4-3-5-7-21/h3-9,18-20H,10-17H2,1-2H3. The number of carbonyl (C=O) groups is 1. The zero-order chi connectivity index (χ0) is 25.6. The zero-order valence-electron chi connectivity index (χ0n) is 21.3. The van der Waals surface area contributed by atoms with E-state index in [4.69, 9.17) is 19.2 Å². The fourth-order valence-corrected chi connectivity index (χ4v) is 5.48. The van der Waals surface area contributed by atoms with Gasteiger partial charge in [0.1, 0.15) is 11.5 Å². The van der Waals surface area contributed by atoms with Crippen molar-refractivity contribution in [3.8, 4) is 22.8 Å². The van der Waals surface area contributed by atoms with Crippen molar-refractivity contribution in [2.24, 2.45) is 0 Å². The highest BCUT2D eigenvalue weighted by Gasteiger charge is 2.20. The molecule has 0 bridgehead atoms. The number of morpholine rings is 1. The zero-order valence-corrected chi connectivity index (χ0v) is 22.1. The Bertz CT molecular complexity index is 1330. The van der Waals surface area contributed by atoms with Gasteiger partial charge in [-0.15, -0.1) is 11.3 Å². The third-order valence-electron chi connectivity index (χ3n) is 6.70. The number of thiazole rings is 1. The van der Waals surface area contributed by atoms with Crippen molar-refractivity contribution >= 4 is 22.2 Å². The first-order valence-corrected chi connectivity index (χ1v) is 13.4. The van der Waals surface area contributed by atoms with E-state index in [1.165, 1.54) is 0 Å². The molecule has 1 amide bonds. The molecule has 1 aliphatic rings. The Balaban J connectivity index is 1.35. The van der Waals surface area contributed by atoms with Gasteiger partial charge >= 0.3 is 0 Å². The summed E-state index contributed by atoms with van der Waals surface area (Å²) in [6.45, 7) is 5.46. The lowest BCUT2D eigenvalue weighted by molar-refractivity contribution is 0.0325. The largest absolute Gasteiger partial charge is 0.497 e. The van der Waals surface area contributed by atoms with Crippen LogP contribution in [0.15, 0.2) is 60.1 Å². The molecular formula is C28H32N4O4S. The minimum atomic E-state index is 0.0628. The molecule has 0 radical (unpaired) electrons. The molecule has 1 fully saturated rings. The highest BCUT2D eigenvalue weighted by molar-refractivity contribution is 7.15. The van der Waals surface area contributed by atoms with Gasteiger partial charge in [-0.25, -0.2) is 4.98 Å². The minimum Gasteiger partial charge on any atom is -0.497 e. The lowest BCUT2D eigenvalue weighted by Gasteiger charge is -2.30. The van der Waals surface area contributed by atoms with Crippen LogP contribution in [0.1, 0.15) is 16.1 Å². The molecule has 2 aromatic heterocycles. The topological polar surface area (TPSA) is 68.5 Å². The molecule has 0 spiro atoms. The molecule has 3 heterocycles. The second kappa shape index (κ2) is 11.8. The monoisotopic (exact) mass is 520 g/mol. The average Bonchev–Trinajstić information content (AvgIpc) is 3.55. The number of nitrogens with zero attached hydrogens (tertiary/aromatic N) is 4. The van der Waals surface area contributed by atoms with Gasteiger partial charge in [-0.1, -0.05) is 18.2 Å². The summed E-state index contributed by atoms with van der Waals surface area (Å²) in [5.74, 6) is 1.56. The third-order valence-corrected chi connectivity index (χ3v) is 7.59. The Labute approximate surface area is 221 Å². The smallest absolute Gasteiger partial charge is 0.253 e. The van der Waals surface area contributed by atoms with Crippen LogP contribution in [-0.4, -0.2) is 85.2 Å². The lowest BCUT2D eigenvalue weighted by Crippen LogP contribution is -2.43. The maximum Gasteiger partial charge on any atom is 0.253 e. The molecule has 1 saturated heterocycles. The summed E-state index contributed by atoms with van der Waals surface area (Å²) in [5.41, 5.74) is 3.55. The van der Waals surface area contributed by atoms with Gasteiger partial charge in [0.25, 0.3) is 5.91 Å². The lowest BCUT2D eigenvalue weighted by atomic mass is 10.1. The number of rotatable bonds is 10. The molecule has 0 saturated carbocycles. The highest BCUT2D eigenvalue weighted by Crippen LogP contribution is 2.34. The predicted octanol–water partition coefficient (Wildman–Crippen LogP) is 4.10. The van der Waals surface area contributed by atoms with E-state index in [9.17, 15) is 4.79 Å². The van der Waals surface area contributed by atoms with Gasteiger partial charge in [0.05, 0.1) is 33.1 Å². The maximum atomic E-state index is 13.4. The van der Waals surface area contributed by atoms with E-state index in [1.807, 2.05) is 59.6 Å². The number of aromatic nitrogens is 2. The molecule has 5 rings (SSSR count). The second-order valence-corrected chi connectivity index (χ2v) is 9.77. The summed E-state index contributed by atoms with van der Waals surface area (Å²) in [4.78, 5) is 23.5. The molecule has 2 aromatic carbocycles. The number of imidazole rings is 1. The molecule has 8 nitrogen and oxygen atoms in total. The first kappa shape index (κ1) is 25.3. The maximum absolute atomic E-state index is 13.4. The van der Waals surface area contributed by atoms with Crippen molar-refractivity contribution in [1.29, 1.82) is 0 Å². The molecule has 4 aromatic rings. The van der Waals surface area contributed by atoms with E-state index in [2.05, 4.69) is 14.7 Å². The van der Waals surface area contributed by atoms with Crippen molar-refractivity contribution in [3.63, 3.8) is 0 Å². The molecule has 0 aliphatic carbocycles. The van der Waals surface area contributed by atoms with E-state index in [1.54, 1.807) is 25.6 Å².